The molecule has 1 saturated heterocycles. The van der Waals surface area contributed by atoms with E-state index in [1.54, 1.807) is 24.3 Å². The SMILES string of the molecule is CC(C)C(NC(=O)CN1CCN(C(=O)c2cccc(Cl)c2)CC1)c1ccc2c(c1)OCCCO2. The van der Waals surface area contributed by atoms with Crippen molar-refractivity contribution >= 4 is 23.4 Å². The van der Waals surface area contributed by atoms with Crippen LogP contribution in [0.1, 0.15) is 42.2 Å². The van der Waals surface area contributed by atoms with Crippen molar-refractivity contribution in [1.82, 2.24) is 15.1 Å². The molecule has 2 aliphatic rings. The van der Waals surface area contributed by atoms with Gasteiger partial charge in [0.1, 0.15) is 0 Å². The zero-order valence-electron chi connectivity index (χ0n) is 19.8. The van der Waals surface area contributed by atoms with Gasteiger partial charge in [0.2, 0.25) is 5.91 Å². The number of rotatable bonds is 6. The highest BCUT2D eigenvalue weighted by atomic mass is 35.5. The van der Waals surface area contributed by atoms with Crippen molar-refractivity contribution in [2.24, 2.45) is 5.92 Å². The summed E-state index contributed by atoms with van der Waals surface area (Å²) in [6.45, 7) is 8.21. The Morgan fingerprint density at radius 2 is 1.74 bits per heavy atom. The van der Waals surface area contributed by atoms with Crippen molar-refractivity contribution in [3.63, 3.8) is 0 Å². The van der Waals surface area contributed by atoms with Gasteiger partial charge in [-0.25, -0.2) is 0 Å². The Morgan fingerprint density at radius 3 is 2.44 bits per heavy atom. The van der Waals surface area contributed by atoms with Gasteiger partial charge >= 0.3 is 0 Å². The summed E-state index contributed by atoms with van der Waals surface area (Å²) >= 11 is 6.02. The molecule has 1 fully saturated rings. The van der Waals surface area contributed by atoms with Crippen LogP contribution in [0.2, 0.25) is 5.02 Å². The van der Waals surface area contributed by atoms with Crippen molar-refractivity contribution in [1.29, 1.82) is 0 Å². The summed E-state index contributed by atoms with van der Waals surface area (Å²) in [7, 11) is 0. The highest BCUT2D eigenvalue weighted by molar-refractivity contribution is 6.30. The van der Waals surface area contributed by atoms with Crippen LogP contribution in [0, 0.1) is 5.92 Å². The third kappa shape index (κ3) is 6.02. The van der Waals surface area contributed by atoms with Crippen molar-refractivity contribution in [3.05, 3.63) is 58.6 Å². The van der Waals surface area contributed by atoms with Crippen molar-refractivity contribution in [2.75, 3.05) is 45.9 Å². The first-order valence-corrected chi connectivity index (χ1v) is 12.2. The first-order chi connectivity index (χ1) is 16.4. The standard InChI is InChI=1S/C26H32ClN3O4/c1-18(2)25(19-7-8-22-23(16-19)34-14-4-13-33-22)28-24(31)17-29-9-11-30(12-10-29)26(32)20-5-3-6-21(27)15-20/h3,5-8,15-16,18,25H,4,9-14,17H2,1-2H3,(H,28,31). The lowest BCUT2D eigenvalue weighted by Crippen LogP contribution is -2.51. The van der Waals surface area contributed by atoms with E-state index in [9.17, 15) is 9.59 Å². The predicted octanol–water partition coefficient (Wildman–Crippen LogP) is 3.77. The second-order valence-electron chi connectivity index (χ2n) is 9.12. The van der Waals surface area contributed by atoms with Crippen molar-refractivity contribution in [2.45, 2.75) is 26.3 Å². The summed E-state index contributed by atoms with van der Waals surface area (Å²) in [6.07, 6.45) is 0.853. The van der Waals surface area contributed by atoms with Crippen LogP contribution in [0.25, 0.3) is 0 Å². The fourth-order valence-corrected chi connectivity index (χ4v) is 4.53. The number of nitrogens with one attached hydrogen (secondary N) is 1. The molecule has 4 rings (SSSR count). The Morgan fingerprint density at radius 1 is 1.00 bits per heavy atom. The molecule has 2 aromatic rings. The molecule has 0 aliphatic carbocycles. The first kappa shape index (κ1) is 24.4. The fourth-order valence-electron chi connectivity index (χ4n) is 4.34. The lowest BCUT2D eigenvalue weighted by Gasteiger charge is -2.35. The van der Waals surface area contributed by atoms with Crippen molar-refractivity contribution in [3.8, 4) is 11.5 Å². The Bertz CT molecular complexity index is 1020. The van der Waals surface area contributed by atoms with Gasteiger partial charge in [0.05, 0.1) is 25.8 Å². The quantitative estimate of drug-likeness (QED) is 0.674. The third-order valence-electron chi connectivity index (χ3n) is 6.21. The van der Waals surface area contributed by atoms with Crippen LogP contribution in [0.3, 0.4) is 0 Å². The van der Waals surface area contributed by atoms with Gasteiger partial charge in [-0.15, -0.1) is 0 Å². The van der Waals surface area contributed by atoms with E-state index in [1.807, 2.05) is 23.1 Å². The van der Waals surface area contributed by atoms with Gasteiger partial charge < -0.3 is 19.7 Å². The molecule has 0 bridgehead atoms. The molecule has 1 atom stereocenters. The van der Waals surface area contributed by atoms with E-state index in [1.165, 1.54) is 0 Å². The number of hydrogen-bond acceptors (Lipinski definition) is 5. The maximum atomic E-state index is 12.9. The molecule has 182 valence electrons. The van der Waals surface area contributed by atoms with Gasteiger partial charge in [0, 0.05) is 43.2 Å². The van der Waals surface area contributed by atoms with Gasteiger partial charge in [-0.05, 0) is 41.8 Å². The minimum absolute atomic E-state index is 0.0270. The van der Waals surface area contributed by atoms with Crippen LogP contribution in [0.5, 0.6) is 11.5 Å². The number of ether oxygens (including phenoxy) is 2. The molecule has 2 amide bonds. The van der Waals surface area contributed by atoms with E-state index in [-0.39, 0.29) is 23.8 Å². The zero-order chi connectivity index (χ0) is 24.1. The molecule has 1 unspecified atom stereocenters. The second-order valence-corrected chi connectivity index (χ2v) is 9.56. The minimum atomic E-state index is -0.129. The monoisotopic (exact) mass is 485 g/mol. The number of halogens is 1. The zero-order valence-corrected chi connectivity index (χ0v) is 20.5. The molecule has 2 heterocycles. The number of hydrogen-bond donors (Lipinski definition) is 1. The summed E-state index contributed by atoms with van der Waals surface area (Å²) in [5.74, 6) is 1.64. The first-order valence-electron chi connectivity index (χ1n) is 11.9. The van der Waals surface area contributed by atoms with Gasteiger partial charge in [-0.1, -0.05) is 37.6 Å². The third-order valence-corrected chi connectivity index (χ3v) is 6.45. The van der Waals surface area contributed by atoms with Gasteiger partial charge in [0.15, 0.2) is 11.5 Å². The summed E-state index contributed by atoms with van der Waals surface area (Å²) in [5.41, 5.74) is 1.60. The van der Waals surface area contributed by atoms with Crippen molar-refractivity contribution < 1.29 is 19.1 Å². The Kier molecular flexibility index (Phi) is 7.95. The highest BCUT2D eigenvalue weighted by Crippen LogP contribution is 2.34. The van der Waals surface area contributed by atoms with E-state index >= 15 is 0 Å². The number of benzene rings is 2. The van der Waals surface area contributed by atoms with E-state index in [4.69, 9.17) is 21.1 Å². The van der Waals surface area contributed by atoms with Crippen LogP contribution in [-0.2, 0) is 4.79 Å². The van der Waals surface area contributed by atoms with Gasteiger partial charge in [0.25, 0.3) is 5.91 Å². The molecule has 2 aliphatic heterocycles. The smallest absolute Gasteiger partial charge is 0.253 e. The maximum Gasteiger partial charge on any atom is 0.253 e. The molecule has 0 radical (unpaired) electrons. The van der Waals surface area contributed by atoms with Crippen LogP contribution in [-0.4, -0.2) is 67.6 Å². The van der Waals surface area contributed by atoms with E-state index in [0.29, 0.717) is 56.5 Å². The van der Waals surface area contributed by atoms with Crippen LogP contribution in [0.4, 0.5) is 0 Å². The number of amides is 2. The molecule has 7 nitrogen and oxygen atoms in total. The number of carbonyl (C=O) groups is 2. The van der Waals surface area contributed by atoms with Crippen LogP contribution in [0.15, 0.2) is 42.5 Å². The summed E-state index contributed by atoms with van der Waals surface area (Å²) in [4.78, 5) is 29.5. The maximum absolute atomic E-state index is 12.9. The van der Waals surface area contributed by atoms with Gasteiger partial charge in [-0.2, -0.15) is 0 Å². The Balaban J connectivity index is 1.32. The Labute approximate surface area is 206 Å². The van der Waals surface area contributed by atoms with E-state index in [2.05, 4.69) is 24.1 Å². The number of piperazine rings is 1. The molecular weight excluding hydrogens is 454 g/mol. The second kappa shape index (κ2) is 11.1. The number of nitrogens with zero attached hydrogens (tertiary/aromatic N) is 2. The largest absolute Gasteiger partial charge is 0.490 e. The fraction of sp³-hybridized carbons (Fsp3) is 0.462. The van der Waals surface area contributed by atoms with Crippen LogP contribution >= 0.6 is 11.6 Å². The molecule has 1 N–H and O–H groups in total. The number of carbonyl (C=O) groups excluding carboxylic acids is 2. The molecule has 0 saturated carbocycles. The molecule has 2 aromatic carbocycles. The molecule has 34 heavy (non-hydrogen) atoms. The topological polar surface area (TPSA) is 71.1 Å². The predicted molar refractivity (Wildman–Crippen MR) is 132 cm³/mol. The molecular formula is C26H32ClN3O4. The number of fused-ring (bicyclic) bond motifs is 1. The molecule has 0 spiro atoms. The lowest BCUT2D eigenvalue weighted by atomic mass is 9.95. The highest BCUT2D eigenvalue weighted by Gasteiger charge is 2.26. The normalized spacial score (nSPS) is 17.2. The summed E-state index contributed by atoms with van der Waals surface area (Å²) in [5, 5.41) is 3.75. The van der Waals surface area contributed by atoms with E-state index in [0.717, 1.165) is 23.5 Å². The minimum Gasteiger partial charge on any atom is -0.490 e. The summed E-state index contributed by atoms with van der Waals surface area (Å²) < 4.78 is 11.6. The van der Waals surface area contributed by atoms with E-state index < -0.39 is 0 Å². The molecule has 0 aromatic heterocycles. The van der Waals surface area contributed by atoms with Crippen LogP contribution < -0.4 is 14.8 Å². The Hall–Kier alpha value is -2.77. The summed E-state index contributed by atoms with van der Waals surface area (Å²) in [6, 6.07) is 12.8. The average molecular weight is 486 g/mol. The average Bonchev–Trinajstić information content (AvgIpc) is 3.07. The van der Waals surface area contributed by atoms with Gasteiger partial charge in [-0.3, -0.25) is 14.5 Å². The molecule has 8 heteroatoms. The lowest BCUT2D eigenvalue weighted by molar-refractivity contribution is -0.123.